The van der Waals surface area contributed by atoms with Crippen LogP contribution in [0.15, 0.2) is 12.1 Å². The Morgan fingerprint density at radius 1 is 1.53 bits per heavy atom. The average molecular weight is 208 g/mol. The first-order valence-electron chi connectivity index (χ1n) is 4.47. The first-order chi connectivity index (χ1) is 7.19. The average Bonchev–Trinajstić information content (AvgIpc) is 3.01. The zero-order chi connectivity index (χ0) is 10.8. The van der Waals surface area contributed by atoms with Gasteiger partial charge in [0, 0.05) is 6.07 Å². The fraction of sp³-hybridized carbons (Fsp3) is 0.333. The molecule has 0 amide bonds. The first-order valence-corrected chi connectivity index (χ1v) is 4.47. The van der Waals surface area contributed by atoms with Crippen LogP contribution in [0.2, 0.25) is 0 Å². The molecular weight excluding hydrogens is 200 g/mol. The van der Waals surface area contributed by atoms with Crippen molar-refractivity contribution < 1.29 is 14.5 Å². The van der Waals surface area contributed by atoms with Crippen LogP contribution in [0.1, 0.15) is 23.3 Å². The van der Waals surface area contributed by atoms with E-state index in [1.807, 2.05) is 0 Å². The van der Waals surface area contributed by atoms with E-state index >= 15 is 0 Å². The number of carbonyl (C=O) groups is 1. The van der Waals surface area contributed by atoms with E-state index in [4.69, 9.17) is 4.74 Å². The summed E-state index contributed by atoms with van der Waals surface area (Å²) in [5, 5.41) is 10.5. The second-order valence-electron chi connectivity index (χ2n) is 3.28. The fourth-order valence-corrected chi connectivity index (χ4v) is 1.11. The number of aldehydes is 1. The number of nitro groups is 1. The van der Waals surface area contributed by atoms with Gasteiger partial charge in [0.2, 0.25) is 5.69 Å². The van der Waals surface area contributed by atoms with Gasteiger partial charge in [0.1, 0.15) is 5.75 Å². The van der Waals surface area contributed by atoms with E-state index in [1.54, 1.807) is 0 Å². The predicted octanol–water partition coefficient (Wildman–Crippen LogP) is 1.34. The minimum atomic E-state index is -0.646. The van der Waals surface area contributed by atoms with Crippen molar-refractivity contribution in [3.8, 4) is 5.75 Å². The molecule has 1 aromatic heterocycles. The van der Waals surface area contributed by atoms with E-state index in [2.05, 4.69) is 4.98 Å². The third-order valence-electron chi connectivity index (χ3n) is 1.94. The highest BCUT2D eigenvalue weighted by molar-refractivity contribution is 5.73. The molecule has 1 aliphatic carbocycles. The second kappa shape index (κ2) is 3.64. The quantitative estimate of drug-likeness (QED) is 0.423. The SMILES string of the molecule is O=Cc1cc(OC2CC2)cc([N+](=O)[O-])n1. The summed E-state index contributed by atoms with van der Waals surface area (Å²) in [6, 6.07) is 2.63. The maximum absolute atomic E-state index is 10.5. The van der Waals surface area contributed by atoms with Crippen molar-refractivity contribution in [2.45, 2.75) is 18.9 Å². The van der Waals surface area contributed by atoms with Gasteiger partial charge in [-0.05, 0) is 22.7 Å². The number of hydrogen-bond donors (Lipinski definition) is 0. The van der Waals surface area contributed by atoms with Crippen molar-refractivity contribution in [2.75, 3.05) is 0 Å². The maximum atomic E-state index is 10.5. The lowest BCUT2D eigenvalue weighted by molar-refractivity contribution is -0.389. The van der Waals surface area contributed by atoms with Gasteiger partial charge in [-0.1, -0.05) is 0 Å². The van der Waals surface area contributed by atoms with E-state index in [-0.39, 0.29) is 17.6 Å². The van der Waals surface area contributed by atoms with Crippen LogP contribution in [-0.2, 0) is 0 Å². The molecule has 1 heterocycles. The number of pyridine rings is 1. The van der Waals surface area contributed by atoms with E-state index in [0.717, 1.165) is 12.8 Å². The van der Waals surface area contributed by atoms with Crippen molar-refractivity contribution in [1.82, 2.24) is 4.98 Å². The lowest BCUT2D eigenvalue weighted by Crippen LogP contribution is -2.01. The molecule has 0 aromatic carbocycles. The Hall–Kier alpha value is -1.98. The van der Waals surface area contributed by atoms with Crippen molar-refractivity contribution in [3.05, 3.63) is 27.9 Å². The van der Waals surface area contributed by atoms with Crippen LogP contribution >= 0.6 is 0 Å². The van der Waals surface area contributed by atoms with Crippen LogP contribution in [0.4, 0.5) is 5.82 Å². The zero-order valence-corrected chi connectivity index (χ0v) is 7.75. The van der Waals surface area contributed by atoms with Crippen molar-refractivity contribution in [3.63, 3.8) is 0 Å². The normalized spacial score (nSPS) is 14.7. The molecule has 0 atom stereocenters. The second-order valence-corrected chi connectivity index (χ2v) is 3.28. The Labute approximate surface area is 85.0 Å². The monoisotopic (exact) mass is 208 g/mol. The molecule has 0 N–H and O–H groups in total. The van der Waals surface area contributed by atoms with E-state index in [9.17, 15) is 14.9 Å². The van der Waals surface area contributed by atoms with E-state index in [0.29, 0.717) is 12.0 Å². The van der Waals surface area contributed by atoms with Crippen LogP contribution < -0.4 is 4.74 Å². The Morgan fingerprint density at radius 3 is 2.80 bits per heavy atom. The Balaban J connectivity index is 2.31. The molecule has 2 rings (SSSR count). The highest BCUT2D eigenvalue weighted by Crippen LogP contribution is 2.28. The van der Waals surface area contributed by atoms with Crippen LogP contribution in [-0.4, -0.2) is 22.3 Å². The predicted molar refractivity (Wildman–Crippen MR) is 49.9 cm³/mol. The van der Waals surface area contributed by atoms with Crippen LogP contribution in [0.5, 0.6) is 5.75 Å². The standard InChI is InChI=1S/C9H8N2O4/c12-5-6-3-8(15-7-1-2-7)4-9(10-6)11(13)14/h3-5,7H,1-2H2. The van der Waals surface area contributed by atoms with Crippen molar-refractivity contribution >= 4 is 12.1 Å². The summed E-state index contributed by atoms with van der Waals surface area (Å²) in [7, 11) is 0. The molecule has 0 aliphatic heterocycles. The molecule has 78 valence electrons. The molecule has 1 aliphatic rings. The molecule has 1 aromatic rings. The van der Waals surface area contributed by atoms with Crippen molar-refractivity contribution in [2.24, 2.45) is 0 Å². The van der Waals surface area contributed by atoms with Crippen LogP contribution in [0.25, 0.3) is 0 Å². The summed E-state index contributed by atoms with van der Waals surface area (Å²) >= 11 is 0. The summed E-state index contributed by atoms with van der Waals surface area (Å²) in [5.74, 6) is -0.0310. The molecule has 0 bridgehead atoms. The summed E-state index contributed by atoms with van der Waals surface area (Å²) in [5.41, 5.74) is 0.0138. The number of hydrogen-bond acceptors (Lipinski definition) is 5. The highest BCUT2D eigenvalue weighted by Gasteiger charge is 2.25. The van der Waals surface area contributed by atoms with Gasteiger partial charge in [-0.3, -0.25) is 4.79 Å². The van der Waals surface area contributed by atoms with Crippen LogP contribution in [0.3, 0.4) is 0 Å². The molecule has 0 spiro atoms. The van der Waals surface area contributed by atoms with Gasteiger partial charge in [0.05, 0.1) is 12.2 Å². The Kier molecular flexibility index (Phi) is 2.32. The highest BCUT2D eigenvalue weighted by atomic mass is 16.6. The Morgan fingerprint density at radius 2 is 2.27 bits per heavy atom. The molecule has 0 radical (unpaired) electrons. The van der Waals surface area contributed by atoms with Gasteiger partial charge < -0.3 is 14.9 Å². The molecule has 0 unspecified atom stereocenters. The van der Waals surface area contributed by atoms with Gasteiger partial charge in [-0.25, -0.2) is 0 Å². The third-order valence-corrected chi connectivity index (χ3v) is 1.94. The minimum absolute atomic E-state index is 0.0138. The van der Waals surface area contributed by atoms with Gasteiger partial charge in [0.15, 0.2) is 6.29 Å². The summed E-state index contributed by atoms with van der Waals surface area (Å²) in [6.07, 6.45) is 2.50. The minimum Gasteiger partial charge on any atom is -0.490 e. The summed E-state index contributed by atoms with van der Waals surface area (Å²) in [6.45, 7) is 0. The molecule has 1 saturated carbocycles. The molecule has 1 fully saturated rings. The topological polar surface area (TPSA) is 82.3 Å². The molecular formula is C9H8N2O4. The number of ether oxygens (including phenoxy) is 1. The number of carbonyl (C=O) groups excluding carboxylic acids is 1. The Bertz CT molecular complexity index is 415. The van der Waals surface area contributed by atoms with Crippen LogP contribution in [0, 0.1) is 10.1 Å². The van der Waals surface area contributed by atoms with Gasteiger partial charge in [-0.2, -0.15) is 0 Å². The van der Waals surface area contributed by atoms with E-state index in [1.165, 1.54) is 12.1 Å². The van der Waals surface area contributed by atoms with E-state index < -0.39 is 4.92 Å². The third kappa shape index (κ3) is 2.28. The number of rotatable bonds is 4. The van der Waals surface area contributed by atoms with Gasteiger partial charge in [-0.15, -0.1) is 0 Å². The zero-order valence-electron chi connectivity index (χ0n) is 7.75. The van der Waals surface area contributed by atoms with Gasteiger partial charge in [0.25, 0.3) is 0 Å². The van der Waals surface area contributed by atoms with Crippen molar-refractivity contribution in [1.29, 1.82) is 0 Å². The largest absolute Gasteiger partial charge is 0.490 e. The summed E-state index contributed by atoms with van der Waals surface area (Å²) in [4.78, 5) is 23.9. The first kappa shape index (κ1) is 9.57. The fourth-order valence-electron chi connectivity index (χ4n) is 1.11. The molecule has 15 heavy (non-hydrogen) atoms. The molecule has 6 nitrogen and oxygen atoms in total. The number of aromatic nitrogens is 1. The molecule has 0 saturated heterocycles. The lowest BCUT2D eigenvalue weighted by Gasteiger charge is -2.02. The lowest BCUT2D eigenvalue weighted by atomic mass is 10.3. The maximum Gasteiger partial charge on any atom is 0.367 e. The molecule has 6 heteroatoms. The van der Waals surface area contributed by atoms with Gasteiger partial charge >= 0.3 is 5.82 Å². The number of nitrogens with zero attached hydrogens (tertiary/aromatic N) is 2. The smallest absolute Gasteiger partial charge is 0.367 e. The summed E-state index contributed by atoms with van der Waals surface area (Å²) < 4.78 is 5.36.